The molecule has 0 N–H and O–H groups in total. The molecule has 2 nitrogen and oxygen atoms in total. The second kappa shape index (κ2) is 4.42. The highest BCUT2D eigenvalue weighted by Crippen LogP contribution is 2.23. The Morgan fingerprint density at radius 3 is 2.33 bits per heavy atom. The fraction of sp³-hybridized carbons (Fsp3) is 0. The molecule has 0 heterocycles. The van der Waals surface area contributed by atoms with Gasteiger partial charge in [0.25, 0.3) is 0 Å². The molecule has 0 aliphatic carbocycles. The van der Waals surface area contributed by atoms with Gasteiger partial charge in [0.1, 0.15) is 0 Å². The van der Waals surface area contributed by atoms with Crippen LogP contribution >= 0.6 is 0 Å². The number of nitrogens with zero attached hydrogens (tertiary/aromatic N) is 1. The van der Waals surface area contributed by atoms with Crippen LogP contribution in [0.2, 0.25) is 0 Å². The summed E-state index contributed by atoms with van der Waals surface area (Å²) in [5.74, 6) is 0.700. The maximum absolute atomic E-state index is 4.98. The smallest absolute Gasteiger partial charge is 0.158 e. The van der Waals surface area contributed by atoms with Gasteiger partial charge in [-0.2, -0.15) is 0 Å². The second-order valence-corrected chi connectivity index (χ2v) is 3.11. The number of benzene rings is 2. The van der Waals surface area contributed by atoms with Gasteiger partial charge in [0.15, 0.2) is 5.75 Å². The molecule has 0 aliphatic rings. The zero-order chi connectivity index (χ0) is 10.5. The number of oxime groups is 1. The Hall–Kier alpha value is -2.09. The van der Waals surface area contributed by atoms with E-state index in [-0.39, 0.29) is 0 Å². The van der Waals surface area contributed by atoms with Gasteiger partial charge in [-0.15, -0.1) is 0 Å². The Balaban J connectivity index is 2.37. The number of rotatable bonds is 3. The van der Waals surface area contributed by atoms with Crippen molar-refractivity contribution in [2.45, 2.75) is 0 Å². The van der Waals surface area contributed by atoms with Crippen molar-refractivity contribution in [3.8, 4) is 16.9 Å². The molecule has 0 spiro atoms. The van der Waals surface area contributed by atoms with Crippen LogP contribution in [0.15, 0.2) is 59.8 Å². The molecule has 74 valence electrons. The molecule has 0 unspecified atom stereocenters. The van der Waals surface area contributed by atoms with Crippen LogP contribution in [0.3, 0.4) is 0 Å². The summed E-state index contributed by atoms with van der Waals surface area (Å²) in [5.41, 5.74) is 2.27. The Bertz CT molecular complexity index is 451. The monoisotopic (exact) mass is 197 g/mol. The topological polar surface area (TPSA) is 21.6 Å². The van der Waals surface area contributed by atoms with E-state index in [1.165, 1.54) is 0 Å². The van der Waals surface area contributed by atoms with Gasteiger partial charge in [-0.05, 0) is 23.3 Å². The normalized spacial score (nSPS) is 9.60. The highest BCUT2D eigenvalue weighted by Gasteiger charge is 1.98. The van der Waals surface area contributed by atoms with Crippen molar-refractivity contribution < 1.29 is 4.84 Å². The molecule has 0 aromatic heterocycles. The Morgan fingerprint density at radius 2 is 1.60 bits per heavy atom. The largest absolute Gasteiger partial charge is 0.358 e. The van der Waals surface area contributed by atoms with Crippen LogP contribution in [0.25, 0.3) is 11.1 Å². The summed E-state index contributed by atoms with van der Waals surface area (Å²) in [5, 5.41) is 3.39. The molecule has 0 saturated heterocycles. The van der Waals surface area contributed by atoms with Crippen molar-refractivity contribution in [3.05, 3.63) is 54.6 Å². The number of hydrogen-bond donors (Lipinski definition) is 0. The maximum atomic E-state index is 4.98. The molecule has 2 aromatic rings. The summed E-state index contributed by atoms with van der Waals surface area (Å²) in [6.45, 7) is 3.29. The first-order valence-corrected chi connectivity index (χ1v) is 4.68. The van der Waals surface area contributed by atoms with Gasteiger partial charge in [-0.25, -0.2) is 0 Å². The van der Waals surface area contributed by atoms with Crippen molar-refractivity contribution in [2.24, 2.45) is 5.16 Å². The minimum absolute atomic E-state index is 0.700. The van der Waals surface area contributed by atoms with Crippen molar-refractivity contribution >= 4 is 6.72 Å². The molecule has 15 heavy (non-hydrogen) atoms. The predicted octanol–water partition coefficient (Wildman–Crippen LogP) is 3.35. The molecule has 0 saturated carbocycles. The summed E-state index contributed by atoms with van der Waals surface area (Å²) in [6, 6.07) is 17.9. The summed E-state index contributed by atoms with van der Waals surface area (Å²) in [7, 11) is 0. The SMILES string of the molecule is C=NOc1cccc(-c2ccccc2)c1. The van der Waals surface area contributed by atoms with Crippen molar-refractivity contribution in [1.29, 1.82) is 0 Å². The van der Waals surface area contributed by atoms with Gasteiger partial charge in [0, 0.05) is 6.72 Å². The average Bonchev–Trinajstić information content (AvgIpc) is 2.31. The van der Waals surface area contributed by atoms with Gasteiger partial charge < -0.3 is 4.84 Å². The van der Waals surface area contributed by atoms with Crippen LogP contribution in [-0.4, -0.2) is 6.72 Å². The molecule has 0 radical (unpaired) electrons. The summed E-state index contributed by atoms with van der Waals surface area (Å²) in [4.78, 5) is 4.98. The van der Waals surface area contributed by atoms with Crippen LogP contribution in [0.1, 0.15) is 0 Å². The fourth-order valence-electron chi connectivity index (χ4n) is 1.44. The Kier molecular flexibility index (Phi) is 2.79. The lowest BCUT2D eigenvalue weighted by Gasteiger charge is -2.03. The molecule has 2 aromatic carbocycles. The van der Waals surface area contributed by atoms with Gasteiger partial charge in [0.2, 0.25) is 0 Å². The highest BCUT2D eigenvalue weighted by atomic mass is 16.6. The minimum Gasteiger partial charge on any atom is -0.358 e. The Labute approximate surface area is 88.8 Å². The van der Waals surface area contributed by atoms with Crippen LogP contribution in [-0.2, 0) is 0 Å². The third-order valence-electron chi connectivity index (χ3n) is 2.11. The molecule has 2 heteroatoms. The first-order valence-electron chi connectivity index (χ1n) is 4.68. The quantitative estimate of drug-likeness (QED) is 0.546. The minimum atomic E-state index is 0.700. The third-order valence-corrected chi connectivity index (χ3v) is 2.11. The van der Waals surface area contributed by atoms with Crippen molar-refractivity contribution in [3.63, 3.8) is 0 Å². The molecule has 0 aliphatic heterocycles. The predicted molar refractivity (Wildman–Crippen MR) is 62.1 cm³/mol. The van der Waals surface area contributed by atoms with E-state index in [4.69, 9.17) is 4.84 Å². The lowest BCUT2D eigenvalue weighted by molar-refractivity contribution is 0.346. The maximum Gasteiger partial charge on any atom is 0.158 e. The number of hydrogen-bond acceptors (Lipinski definition) is 2. The van der Waals surface area contributed by atoms with Crippen LogP contribution in [0.4, 0.5) is 0 Å². The van der Waals surface area contributed by atoms with E-state index in [9.17, 15) is 0 Å². The van der Waals surface area contributed by atoms with E-state index in [0.29, 0.717) is 5.75 Å². The molecular weight excluding hydrogens is 186 g/mol. The molecule has 2 rings (SSSR count). The molecule has 0 fully saturated rings. The van der Waals surface area contributed by atoms with Gasteiger partial charge in [-0.1, -0.05) is 47.6 Å². The van der Waals surface area contributed by atoms with Crippen LogP contribution in [0, 0.1) is 0 Å². The van der Waals surface area contributed by atoms with Crippen LogP contribution in [0.5, 0.6) is 5.75 Å². The lowest BCUT2D eigenvalue weighted by atomic mass is 10.1. The average molecular weight is 197 g/mol. The molecule has 0 atom stereocenters. The van der Waals surface area contributed by atoms with Crippen molar-refractivity contribution in [2.75, 3.05) is 0 Å². The van der Waals surface area contributed by atoms with Gasteiger partial charge >= 0.3 is 0 Å². The molecule has 0 bridgehead atoms. The Morgan fingerprint density at radius 1 is 0.867 bits per heavy atom. The van der Waals surface area contributed by atoms with E-state index in [1.807, 2.05) is 42.5 Å². The second-order valence-electron chi connectivity index (χ2n) is 3.11. The lowest BCUT2D eigenvalue weighted by Crippen LogP contribution is -1.82. The van der Waals surface area contributed by atoms with Gasteiger partial charge in [-0.3, -0.25) is 0 Å². The van der Waals surface area contributed by atoms with Gasteiger partial charge in [0.05, 0.1) is 0 Å². The summed E-state index contributed by atoms with van der Waals surface area (Å²) >= 11 is 0. The molecular formula is C13H11NO. The van der Waals surface area contributed by atoms with Crippen LogP contribution < -0.4 is 4.84 Å². The zero-order valence-electron chi connectivity index (χ0n) is 8.26. The first-order chi connectivity index (χ1) is 7.40. The van der Waals surface area contributed by atoms with E-state index >= 15 is 0 Å². The highest BCUT2D eigenvalue weighted by molar-refractivity contribution is 5.64. The summed E-state index contributed by atoms with van der Waals surface area (Å²) in [6.07, 6.45) is 0. The van der Waals surface area contributed by atoms with E-state index in [0.717, 1.165) is 11.1 Å². The fourth-order valence-corrected chi connectivity index (χ4v) is 1.44. The van der Waals surface area contributed by atoms with Crippen molar-refractivity contribution in [1.82, 2.24) is 0 Å². The zero-order valence-corrected chi connectivity index (χ0v) is 8.26. The third kappa shape index (κ3) is 2.23. The summed E-state index contributed by atoms with van der Waals surface area (Å²) < 4.78 is 0. The first kappa shape index (κ1) is 9.46. The van der Waals surface area contributed by atoms with E-state index in [1.54, 1.807) is 0 Å². The standard InChI is InChI=1S/C13H11NO/c1-14-15-13-9-5-8-12(10-13)11-6-3-2-4-7-11/h2-10H,1H2. The molecule has 0 amide bonds. The van der Waals surface area contributed by atoms with E-state index < -0.39 is 0 Å². The van der Waals surface area contributed by atoms with E-state index in [2.05, 4.69) is 24.0 Å².